The standard InChI is InChI=1S/C13H20N2O4S/c1-19-9-10-20(17,18)12-5-3-11(4-6-12)13(16)15-8-2-7-14/h3-6H,2,7-10,14H2,1H3,(H,15,16). The molecule has 0 fully saturated rings. The molecule has 6 nitrogen and oxygen atoms in total. The lowest BCUT2D eigenvalue weighted by atomic mass is 10.2. The van der Waals surface area contributed by atoms with Gasteiger partial charge in [-0.15, -0.1) is 0 Å². The lowest BCUT2D eigenvalue weighted by Crippen LogP contribution is -2.25. The van der Waals surface area contributed by atoms with Crippen LogP contribution in [0.15, 0.2) is 29.2 Å². The molecule has 1 aromatic rings. The van der Waals surface area contributed by atoms with E-state index in [-0.39, 0.29) is 23.2 Å². The van der Waals surface area contributed by atoms with Crippen molar-refractivity contribution in [2.75, 3.05) is 32.6 Å². The molecule has 0 saturated heterocycles. The fourth-order valence-electron chi connectivity index (χ4n) is 1.53. The molecule has 0 aliphatic carbocycles. The second-order valence-corrected chi connectivity index (χ2v) is 6.34. The number of ether oxygens (including phenoxy) is 1. The Morgan fingerprint density at radius 2 is 1.95 bits per heavy atom. The van der Waals surface area contributed by atoms with Gasteiger partial charge in [0.15, 0.2) is 9.84 Å². The molecule has 1 aromatic carbocycles. The molecule has 1 amide bonds. The summed E-state index contributed by atoms with van der Waals surface area (Å²) in [5.41, 5.74) is 5.76. The van der Waals surface area contributed by atoms with Gasteiger partial charge in [-0.1, -0.05) is 0 Å². The number of hydrogen-bond donors (Lipinski definition) is 2. The number of carbonyl (C=O) groups excluding carboxylic acids is 1. The average molecular weight is 300 g/mol. The van der Waals surface area contributed by atoms with E-state index in [1.807, 2.05) is 0 Å². The van der Waals surface area contributed by atoms with Gasteiger partial charge in [-0.2, -0.15) is 0 Å². The van der Waals surface area contributed by atoms with Gasteiger partial charge in [0.2, 0.25) is 0 Å². The molecule has 0 radical (unpaired) electrons. The monoisotopic (exact) mass is 300 g/mol. The van der Waals surface area contributed by atoms with Crippen LogP contribution >= 0.6 is 0 Å². The van der Waals surface area contributed by atoms with Crippen molar-refractivity contribution < 1.29 is 17.9 Å². The SMILES string of the molecule is COCCS(=O)(=O)c1ccc(C(=O)NCCCN)cc1. The zero-order valence-corrected chi connectivity index (χ0v) is 12.3. The minimum absolute atomic E-state index is 0.0778. The van der Waals surface area contributed by atoms with Crippen LogP contribution in [0.1, 0.15) is 16.8 Å². The van der Waals surface area contributed by atoms with Crippen molar-refractivity contribution in [3.8, 4) is 0 Å². The molecule has 112 valence electrons. The van der Waals surface area contributed by atoms with Crippen LogP contribution in [-0.4, -0.2) is 46.9 Å². The Balaban J connectivity index is 2.71. The number of benzene rings is 1. The number of carbonyl (C=O) groups is 1. The normalized spacial score (nSPS) is 11.3. The fraction of sp³-hybridized carbons (Fsp3) is 0.462. The Bertz CT molecular complexity index is 526. The molecule has 0 bridgehead atoms. The van der Waals surface area contributed by atoms with E-state index in [9.17, 15) is 13.2 Å². The van der Waals surface area contributed by atoms with E-state index in [1.165, 1.54) is 31.4 Å². The highest BCUT2D eigenvalue weighted by Crippen LogP contribution is 2.12. The van der Waals surface area contributed by atoms with Gasteiger partial charge >= 0.3 is 0 Å². The highest BCUT2D eigenvalue weighted by Gasteiger charge is 2.14. The molecule has 1 rings (SSSR count). The van der Waals surface area contributed by atoms with Gasteiger partial charge < -0.3 is 15.8 Å². The minimum Gasteiger partial charge on any atom is -0.384 e. The van der Waals surface area contributed by atoms with Gasteiger partial charge in [-0.25, -0.2) is 8.42 Å². The third-order valence-electron chi connectivity index (χ3n) is 2.70. The van der Waals surface area contributed by atoms with Crippen LogP contribution in [0.3, 0.4) is 0 Å². The van der Waals surface area contributed by atoms with E-state index in [1.54, 1.807) is 0 Å². The van der Waals surface area contributed by atoms with Crippen LogP contribution in [0.2, 0.25) is 0 Å². The maximum absolute atomic E-state index is 11.9. The summed E-state index contributed by atoms with van der Waals surface area (Å²) in [6, 6.07) is 5.86. The summed E-state index contributed by atoms with van der Waals surface area (Å²) in [7, 11) is -1.91. The Morgan fingerprint density at radius 1 is 1.30 bits per heavy atom. The number of nitrogens with one attached hydrogen (secondary N) is 1. The predicted octanol–water partition coefficient (Wildman–Crippen LogP) is 0.185. The first-order chi connectivity index (χ1) is 9.51. The molecule has 0 heterocycles. The number of rotatable bonds is 8. The highest BCUT2D eigenvalue weighted by molar-refractivity contribution is 7.91. The second kappa shape index (κ2) is 7.98. The second-order valence-electron chi connectivity index (χ2n) is 4.23. The first-order valence-electron chi connectivity index (χ1n) is 6.31. The number of methoxy groups -OCH3 is 1. The highest BCUT2D eigenvalue weighted by atomic mass is 32.2. The Morgan fingerprint density at radius 3 is 2.50 bits per heavy atom. The first-order valence-corrected chi connectivity index (χ1v) is 7.96. The van der Waals surface area contributed by atoms with Gasteiger partial charge in [0.25, 0.3) is 5.91 Å². The van der Waals surface area contributed by atoms with Crippen molar-refractivity contribution in [1.82, 2.24) is 5.32 Å². The van der Waals surface area contributed by atoms with Crippen molar-refractivity contribution in [3.05, 3.63) is 29.8 Å². The van der Waals surface area contributed by atoms with Crippen LogP contribution in [0, 0.1) is 0 Å². The van der Waals surface area contributed by atoms with Gasteiger partial charge in [0, 0.05) is 19.2 Å². The molecule has 0 saturated carbocycles. The summed E-state index contributed by atoms with van der Waals surface area (Å²) >= 11 is 0. The molecule has 3 N–H and O–H groups in total. The van der Waals surface area contributed by atoms with Crippen LogP contribution in [0.5, 0.6) is 0 Å². The average Bonchev–Trinajstić information content (AvgIpc) is 2.45. The van der Waals surface area contributed by atoms with Gasteiger partial charge in [-0.3, -0.25) is 4.79 Å². The molecule has 20 heavy (non-hydrogen) atoms. The van der Waals surface area contributed by atoms with Crippen molar-refractivity contribution in [1.29, 1.82) is 0 Å². The van der Waals surface area contributed by atoms with Crippen LogP contribution in [-0.2, 0) is 14.6 Å². The summed E-state index contributed by atoms with van der Waals surface area (Å²) < 4.78 is 28.5. The minimum atomic E-state index is -3.36. The van der Waals surface area contributed by atoms with Gasteiger partial charge in [0.1, 0.15) is 0 Å². The van der Waals surface area contributed by atoms with E-state index in [2.05, 4.69) is 5.32 Å². The molecule has 7 heteroatoms. The third kappa shape index (κ3) is 4.92. The summed E-state index contributed by atoms with van der Waals surface area (Å²) in [6.07, 6.45) is 0.704. The zero-order chi connectivity index (χ0) is 15.0. The molecule has 0 aliphatic rings. The number of sulfone groups is 1. The van der Waals surface area contributed by atoms with E-state index < -0.39 is 9.84 Å². The summed E-state index contributed by atoms with van der Waals surface area (Å²) in [5.74, 6) is -0.315. The fourth-order valence-corrected chi connectivity index (χ4v) is 2.70. The number of nitrogens with two attached hydrogens (primary N) is 1. The molecule has 0 aliphatic heterocycles. The van der Waals surface area contributed by atoms with Gasteiger partial charge in [-0.05, 0) is 37.2 Å². The molecular weight excluding hydrogens is 280 g/mol. The smallest absolute Gasteiger partial charge is 0.251 e. The topological polar surface area (TPSA) is 98.5 Å². The van der Waals surface area contributed by atoms with Crippen molar-refractivity contribution in [2.24, 2.45) is 5.73 Å². The first kappa shape index (κ1) is 16.6. The summed E-state index contributed by atoms with van der Waals surface area (Å²) in [4.78, 5) is 11.9. The van der Waals surface area contributed by atoms with E-state index in [0.29, 0.717) is 25.1 Å². The Kier molecular flexibility index (Phi) is 6.63. The van der Waals surface area contributed by atoms with Crippen LogP contribution in [0.25, 0.3) is 0 Å². The zero-order valence-electron chi connectivity index (χ0n) is 11.5. The van der Waals surface area contributed by atoms with Crippen LogP contribution < -0.4 is 11.1 Å². The maximum Gasteiger partial charge on any atom is 0.251 e. The Hall–Kier alpha value is -1.44. The van der Waals surface area contributed by atoms with E-state index >= 15 is 0 Å². The molecular formula is C13H20N2O4S. The van der Waals surface area contributed by atoms with Crippen molar-refractivity contribution in [3.63, 3.8) is 0 Å². The van der Waals surface area contributed by atoms with Gasteiger partial charge in [0.05, 0.1) is 17.3 Å². The summed E-state index contributed by atoms with van der Waals surface area (Å²) in [6.45, 7) is 1.16. The lowest BCUT2D eigenvalue weighted by molar-refractivity contribution is 0.0953. The predicted molar refractivity (Wildman–Crippen MR) is 76.4 cm³/mol. The quantitative estimate of drug-likeness (QED) is 0.668. The molecule has 0 spiro atoms. The van der Waals surface area contributed by atoms with Crippen molar-refractivity contribution >= 4 is 15.7 Å². The summed E-state index contributed by atoms with van der Waals surface area (Å²) in [5, 5.41) is 2.70. The third-order valence-corrected chi connectivity index (χ3v) is 4.39. The largest absolute Gasteiger partial charge is 0.384 e. The molecule has 0 aromatic heterocycles. The van der Waals surface area contributed by atoms with E-state index in [4.69, 9.17) is 10.5 Å². The number of hydrogen-bond acceptors (Lipinski definition) is 5. The van der Waals surface area contributed by atoms with E-state index in [0.717, 1.165) is 0 Å². The number of amides is 1. The molecule has 0 atom stereocenters. The maximum atomic E-state index is 11.9. The Labute approximate surface area is 119 Å². The van der Waals surface area contributed by atoms with Crippen molar-refractivity contribution in [2.45, 2.75) is 11.3 Å². The lowest BCUT2D eigenvalue weighted by Gasteiger charge is -2.06. The van der Waals surface area contributed by atoms with Crippen LogP contribution in [0.4, 0.5) is 0 Å². The molecule has 0 unspecified atom stereocenters.